The first kappa shape index (κ1) is 15.8. The number of benzene rings is 1. The fourth-order valence-electron chi connectivity index (χ4n) is 2.94. The number of rotatable bonds is 5. The van der Waals surface area contributed by atoms with E-state index in [4.69, 9.17) is 0 Å². The first-order chi connectivity index (χ1) is 10.0. The number of amides is 1. The number of hydrogen-bond acceptors (Lipinski definition) is 3. The van der Waals surface area contributed by atoms with Gasteiger partial charge < -0.3 is 10.4 Å². The molecule has 1 aromatic carbocycles. The summed E-state index contributed by atoms with van der Waals surface area (Å²) in [6.07, 6.45) is 2.33. The molecule has 2 rings (SSSR count). The molecule has 0 radical (unpaired) electrons. The lowest BCUT2D eigenvalue weighted by Crippen LogP contribution is -2.40. The van der Waals surface area contributed by atoms with Gasteiger partial charge in [0.15, 0.2) is 0 Å². The molecule has 4 nitrogen and oxygen atoms in total. The molecular formula is C17H26N2O2. The molecule has 1 fully saturated rings. The number of carbonyl (C=O) groups excluding carboxylic acids is 1. The number of phenols is 1. The van der Waals surface area contributed by atoms with E-state index in [1.165, 1.54) is 6.42 Å². The lowest BCUT2D eigenvalue weighted by Gasteiger charge is -2.23. The second-order valence-corrected chi connectivity index (χ2v) is 6.07. The fraction of sp³-hybridized carbons (Fsp3) is 0.588. The Bertz CT molecular complexity index is 500. The average Bonchev–Trinajstić information content (AvgIpc) is 2.92. The third-order valence-corrected chi connectivity index (χ3v) is 4.34. The van der Waals surface area contributed by atoms with E-state index in [0.29, 0.717) is 24.1 Å². The third-order valence-electron chi connectivity index (χ3n) is 4.34. The van der Waals surface area contributed by atoms with Gasteiger partial charge in [0, 0.05) is 12.6 Å². The van der Waals surface area contributed by atoms with Gasteiger partial charge in [0.25, 0.3) is 5.91 Å². The molecule has 1 amide bonds. The summed E-state index contributed by atoms with van der Waals surface area (Å²) in [6, 6.07) is 5.70. The van der Waals surface area contributed by atoms with Gasteiger partial charge in [-0.15, -0.1) is 0 Å². The van der Waals surface area contributed by atoms with E-state index in [1.54, 1.807) is 12.1 Å². The van der Waals surface area contributed by atoms with Crippen LogP contribution in [0.4, 0.5) is 0 Å². The van der Waals surface area contributed by atoms with Crippen LogP contribution in [0.25, 0.3) is 0 Å². The Labute approximate surface area is 127 Å². The highest BCUT2D eigenvalue weighted by atomic mass is 16.3. The largest absolute Gasteiger partial charge is 0.507 e. The molecule has 0 aliphatic carbocycles. The molecule has 1 aliphatic rings. The van der Waals surface area contributed by atoms with Crippen molar-refractivity contribution in [3.63, 3.8) is 0 Å². The first-order valence-corrected chi connectivity index (χ1v) is 7.88. The molecule has 21 heavy (non-hydrogen) atoms. The molecule has 1 unspecified atom stereocenters. The zero-order chi connectivity index (χ0) is 15.4. The number of carbonyl (C=O) groups is 1. The van der Waals surface area contributed by atoms with E-state index in [1.807, 2.05) is 6.07 Å². The molecule has 1 atom stereocenters. The van der Waals surface area contributed by atoms with Gasteiger partial charge in [-0.1, -0.05) is 26.8 Å². The monoisotopic (exact) mass is 290 g/mol. The quantitative estimate of drug-likeness (QED) is 0.876. The number of nitrogens with zero attached hydrogens (tertiary/aromatic N) is 1. The van der Waals surface area contributed by atoms with Crippen LogP contribution in [0.3, 0.4) is 0 Å². The van der Waals surface area contributed by atoms with Crippen LogP contribution in [0.1, 0.15) is 55.5 Å². The predicted octanol–water partition coefficient (Wildman–Crippen LogP) is 2.73. The minimum absolute atomic E-state index is 0.0515. The van der Waals surface area contributed by atoms with Gasteiger partial charge in [0.1, 0.15) is 5.75 Å². The molecule has 1 saturated heterocycles. The first-order valence-electron chi connectivity index (χ1n) is 7.88. The lowest BCUT2D eigenvalue weighted by atomic mass is 10.00. The van der Waals surface area contributed by atoms with E-state index in [9.17, 15) is 9.90 Å². The Kier molecular flexibility index (Phi) is 5.23. The highest BCUT2D eigenvalue weighted by molar-refractivity contribution is 5.97. The van der Waals surface area contributed by atoms with Gasteiger partial charge in [0.2, 0.25) is 0 Å². The average molecular weight is 290 g/mol. The molecule has 0 spiro atoms. The molecular weight excluding hydrogens is 264 g/mol. The second-order valence-electron chi connectivity index (χ2n) is 6.07. The van der Waals surface area contributed by atoms with Crippen LogP contribution >= 0.6 is 0 Å². The molecule has 2 N–H and O–H groups in total. The van der Waals surface area contributed by atoms with E-state index in [2.05, 4.69) is 31.0 Å². The van der Waals surface area contributed by atoms with Crippen molar-refractivity contribution in [1.29, 1.82) is 0 Å². The Morgan fingerprint density at radius 3 is 2.90 bits per heavy atom. The summed E-state index contributed by atoms with van der Waals surface area (Å²) in [5, 5.41) is 12.9. The zero-order valence-corrected chi connectivity index (χ0v) is 13.2. The molecule has 0 aromatic heterocycles. The van der Waals surface area contributed by atoms with Crippen molar-refractivity contribution in [2.75, 3.05) is 19.6 Å². The Balaban J connectivity index is 2.01. The number of nitrogens with one attached hydrogen (secondary N) is 1. The van der Waals surface area contributed by atoms with Gasteiger partial charge in [-0.2, -0.15) is 0 Å². The molecule has 1 heterocycles. The van der Waals surface area contributed by atoms with Crippen LogP contribution in [0.5, 0.6) is 5.75 Å². The number of phenolic OH excluding ortho intramolecular Hbond substituents is 1. The summed E-state index contributed by atoms with van der Waals surface area (Å²) in [5.74, 6) is 0.205. The van der Waals surface area contributed by atoms with Crippen molar-refractivity contribution >= 4 is 5.91 Å². The van der Waals surface area contributed by atoms with Gasteiger partial charge >= 0.3 is 0 Å². The van der Waals surface area contributed by atoms with E-state index < -0.39 is 0 Å². The molecule has 1 aliphatic heterocycles. The minimum atomic E-state index is -0.182. The third kappa shape index (κ3) is 3.76. The minimum Gasteiger partial charge on any atom is -0.507 e. The number of aromatic hydroxyl groups is 1. The summed E-state index contributed by atoms with van der Waals surface area (Å²) in [5.41, 5.74) is 1.44. The molecule has 0 saturated carbocycles. The number of hydrogen-bond donors (Lipinski definition) is 2. The summed E-state index contributed by atoms with van der Waals surface area (Å²) in [7, 11) is 0. The SMILES string of the molecule is CCN1CCCC1CNC(=O)c1cc(C(C)C)ccc1O. The van der Waals surface area contributed by atoms with Crippen molar-refractivity contribution < 1.29 is 9.90 Å². The predicted molar refractivity (Wildman–Crippen MR) is 84.8 cm³/mol. The van der Waals surface area contributed by atoms with E-state index >= 15 is 0 Å². The maximum absolute atomic E-state index is 12.3. The number of likely N-dealkylation sites (N-methyl/N-ethyl adjacent to an activating group) is 1. The zero-order valence-electron chi connectivity index (χ0n) is 13.2. The standard InChI is InChI=1S/C17H26N2O2/c1-4-19-9-5-6-14(19)11-18-17(21)15-10-13(12(2)3)7-8-16(15)20/h7-8,10,12,14,20H,4-6,9,11H2,1-3H3,(H,18,21). The summed E-state index contributed by atoms with van der Waals surface area (Å²) >= 11 is 0. The smallest absolute Gasteiger partial charge is 0.255 e. The molecule has 116 valence electrons. The van der Waals surface area contributed by atoms with Crippen molar-refractivity contribution in [1.82, 2.24) is 10.2 Å². The van der Waals surface area contributed by atoms with Gasteiger partial charge in [-0.3, -0.25) is 9.69 Å². The lowest BCUT2D eigenvalue weighted by molar-refractivity contribution is 0.0938. The molecule has 1 aromatic rings. The van der Waals surface area contributed by atoms with E-state index in [-0.39, 0.29) is 11.7 Å². The van der Waals surface area contributed by atoms with Gasteiger partial charge in [0.05, 0.1) is 5.56 Å². The van der Waals surface area contributed by atoms with Crippen molar-refractivity contribution in [3.05, 3.63) is 29.3 Å². The topological polar surface area (TPSA) is 52.6 Å². The highest BCUT2D eigenvalue weighted by Gasteiger charge is 2.23. The molecule has 4 heteroatoms. The summed E-state index contributed by atoms with van der Waals surface area (Å²) in [6.45, 7) is 9.09. The van der Waals surface area contributed by atoms with Gasteiger partial charge in [-0.05, 0) is 49.5 Å². The number of likely N-dealkylation sites (tertiary alicyclic amines) is 1. The van der Waals surface area contributed by atoms with Crippen molar-refractivity contribution in [2.45, 2.75) is 45.6 Å². The fourth-order valence-corrected chi connectivity index (χ4v) is 2.94. The Hall–Kier alpha value is -1.55. The van der Waals surface area contributed by atoms with Crippen molar-refractivity contribution in [2.24, 2.45) is 0 Å². The maximum Gasteiger partial charge on any atom is 0.255 e. The van der Waals surface area contributed by atoms with Crippen LogP contribution in [0, 0.1) is 0 Å². The van der Waals surface area contributed by atoms with Crippen LogP contribution in [0.15, 0.2) is 18.2 Å². The Morgan fingerprint density at radius 1 is 1.48 bits per heavy atom. The van der Waals surface area contributed by atoms with Crippen molar-refractivity contribution in [3.8, 4) is 5.75 Å². The Morgan fingerprint density at radius 2 is 2.24 bits per heavy atom. The van der Waals surface area contributed by atoms with Crippen LogP contribution in [-0.2, 0) is 0 Å². The second kappa shape index (κ2) is 6.94. The normalized spacial score (nSPS) is 19.1. The highest BCUT2D eigenvalue weighted by Crippen LogP contribution is 2.23. The maximum atomic E-state index is 12.3. The summed E-state index contributed by atoms with van der Waals surface area (Å²) < 4.78 is 0. The summed E-state index contributed by atoms with van der Waals surface area (Å²) in [4.78, 5) is 14.7. The molecule has 0 bridgehead atoms. The van der Waals surface area contributed by atoms with Crippen LogP contribution in [0.2, 0.25) is 0 Å². The van der Waals surface area contributed by atoms with Crippen LogP contribution in [-0.4, -0.2) is 41.6 Å². The van der Waals surface area contributed by atoms with E-state index in [0.717, 1.165) is 25.1 Å². The van der Waals surface area contributed by atoms with Gasteiger partial charge in [-0.25, -0.2) is 0 Å². The van der Waals surface area contributed by atoms with Crippen LogP contribution < -0.4 is 5.32 Å².